The summed E-state index contributed by atoms with van der Waals surface area (Å²) in [7, 11) is -0.657. The molecule has 0 atom stereocenters. The van der Waals surface area contributed by atoms with E-state index in [0.717, 1.165) is 0 Å². The Hall–Kier alpha value is -0.830. The molecule has 1 aromatic carbocycles. The Morgan fingerprint density at radius 3 is 2.29 bits per heavy atom. The van der Waals surface area contributed by atoms with E-state index in [1.54, 1.807) is 6.07 Å². The number of hydrogen-bond acceptors (Lipinski definition) is 5. The normalized spacial score (nSPS) is 17.7. The van der Waals surface area contributed by atoms with Gasteiger partial charge in [0.05, 0.1) is 18.7 Å². The van der Waals surface area contributed by atoms with Crippen molar-refractivity contribution in [1.29, 1.82) is 0 Å². The molecule has 2 rings (SSSR count). The molecule has 1 saturated heterocycles. The van der Waals surface area contributed by atoms with E-state index in [0.29, 0.717) is 36.2 Å². The van der Waals surface area contributed by atoms with Gasteiger partial charge < -0.3 is 15.2 Å². The highest BCUT2D eigenvalue weighted by Crippen LogP contribution is 2.37. The molecule has 0 amide bonds. The average Bonchev–Trinajstić information content (AvgIpc) is 2.47. The quantitative estimate of drug-likeness (QED) is 0.859. The number of hydrogen-bond donors (Lipinski definition) is 1. The van der Waals surface area contributed by atoms with Crippen LogP contribution in [0.4, 0.5) is 0 Å². The lowest BCUT2D eigenvalue weighted by Gasteiger charge is -2.29. The summed E-state index contributed by atoms with van der Waals surface area (Å²) in [6, 6.07) is 3.15. The lowest BCUT2D eigenvalue weighted by Crippen LogP contribution is -2.42. The zero-order valence-corrected chi connectivity index (χ0v) is 14.4. The highest BCUT2D eigenvalue weighted by molar-refractivity contribution is 9.10. The van der Waals surface area contributed by atoms with Gasteiger partial charge in [-0.05, 0) is 34.8 Å². The zero-order chi connectivity index (χ0) is 15.6. The Kier molecular flexibility index (Phi) is 5.13. The summed E-state index contributed by atoms with van der Waals surface area (Å²) in [5.41, 5.74) is 5.83. The SMILES string of the molecule is COc1cc(OC)c(S(=O)(=O)N2CCC(N)CC2)cc1Br. The molecule has 1 aromatic rings. The Labute approximate surface area is 133 Å². The summed E-state index contributed by atoms with van der Waals surface area (Å²) >= 11 is 3.31. The molecule has 1 heterocycles. The second kappa shape index (κ2) is 6.51. The van der Waals surface area contributed by atoms with Gasteiger partial charge in [-0.25, -0.2) is 8.42 Å². The van der Waals surface area contributed by atoms with Crippen LogP contribution >= 0.6 is 15.9 Å². The van der Waals surface area contributed by atoms with Crippen LogP contribution in [0.2, 0.25) is 0 Å². The van der Waals surface area contributed by atoms with Crippen LogP contribution in [0.3, 0.4) is 0 Å². The van der Waals surface area contributed by atoms with E-state index in [1.807, 2.05) is 0 Å². The minimum atomic E-state index is -3.61. The Morgan fingerprint density at radius 1 is 1.19 bits per heavy atom. The van der Waals surface area contributed by atoms with Crippen LogP contribution in [0, 0.1) is 0 Å². The molecular formula is C13H19BrN2O4S. The maximum atomic E-state index is 12.8. The Bertz CT molecular complexity index is 613. The van der Waals surface area contributed by atoms with Gasteiger partial charge in [0.15, 0.2) is 0 Å². The molecule has 1 aliphatic heterocycles. The molecule has 0 aliphatic carbocycles. The molecule has 8 heteroatoms. The number of nitrogens with zero attached hydrogens (tertiary/aromatic N) is 1. The van der Waals surface area contributed by atoms with Crippen molar-refractivity contribution in [3.63, 3.8) is 0 Å². The van der Waals surface area contributed by atoms with Crippen LogP contribution in [-0.4, -0.2) is 46.1 Å². The maximum absolute atomic E-state index is 12.8. The van der Waals surface area contributed by atoms with Gasteiger partial charge in [0.2, 0.25) is 10.0 Å². The molecule has 1 aliphatic rings. The van der Waals surface area contributed by atoms with Crippen molar-refractivity contribution < 1.29 is 17.9 Å². The predicted molar refractivity (Wildman–Crippen MR) is 83.2 cm³/mol. The fourth-order valence-electron chi connectivity index (χ4n) is 2.29. The highest BCUT2D eigenvalue weighted by Gasteiger charge is 2.31. The minimum Gasteiger partial charge on any atom is -0.495 e. The number of sulfonamides is 1. The Balaban J connectivity index is 2.42. The van der Waals surface area contributed by atoms with Crippen LogP contribution < -0.4 is 15.2 Å². The van der Waals surface area contributed by atoms with Crippen molar-refractivity contribution in [3.8, 4) is 11.5 Å². The fourth-order valence-corrected chi connectivity index (χ4v) is 4.58. The van der Waals surface area contributed by atoms with Gasteiger partial charge in [-0.3, -0.25) is 0 Å². The van der Waals surface area contributed by atoms with E-state index >= 15 is 0 Å². The summed E-state index contributed by atoms with van der Waals surface area (Å²) in [4.78, 5) is 0.133. The maximum Gasteiger partial charge on any atom is 0.246 e. The molecule has 1 fully saturated rings. The summed E-state index contributed by atoms with van der Waals surface area (Å²) in [6.45, 7) is 0.854. The average molecular weight is 379 g/mol. The van der Waals surface area contributed by atoms with Gasteiger partial charge in [0, 0.05) is 25.2 Å². The lowest BCUT2D eigenvalue weighted by molar-refractivity contribution is 0.317. The molecule has 0 spiro atoms. The van der Waals surface area contributed by atoms with E-state index < -0.39 is 10.0 Å². The second-order valence-electron chi connectivity index (χ2n) is 4.88. The zero-order valence-electron chi connectivity index (χ0n) is 12.0. The van der Waals surface area contributed by atoms with Crippen molar-refractivity contribution in [1.82, 2.24) is 4.31 Å². The van der Waals surface area contributed by atoms with Gasteiger partial charge in [0.25, 0.3) is 0 Å². The van der Waals surface area contributed by atoms with Crippen LogP contribution in [-0.2, 0) is 10.0 Å². The number of piperidine rings is 1. The third-order valence-electron chi connectivity index (χ3n) is 3.55. The summed E-state index contributed by atoms with van der Waals surface area (Å²) in [6.07, 6.45) is 1.33. The van der Waals surface area contributed by atoms with Crippen LogP contribution in [0.15, 0.2) is 21.5 Å². The first-order valence-electron chi connectivity index (χ1n) is 6.57. The van der Waals surface area contributed by atoms with E-state index in [1.165, 1.54) is 24.6 Å². The predicted octanol–water partition coefficient (Wildman–Crippen LogP) is 1.58. The summed E-state index contributed by atoms with van der Waals surface area (Å²) < 4.78 is 37.9. The number of ether oxygens (including phenoxy) is 2. The fraction of sp³-hybridized carbons (Fsp3) is 0.538. The first-order chi connectivity index (χ1) is 9.90. The third kappa shape index (κ3) is 3.33. The molecule has 118 valence electrons. The van der Waals surface area contributed by atoms with Crippen molar-refractivity contribution in [2.24, 2.45) is 5.73 Å². The smallest absolute Gasteiger partial charge is 0.246 e. The molecule has 0 radical (unpaired) electrons. The highest BCUT2D eigenvalue weighted by atomic mass is 79.9. The van der Waals surface area contributed by atoms with Crippen molar-refractivity contribution in [2.75, 3.05) is 27.3 Å². The summed E-state index contributed by atoms with van der Waals surface area (Å²) in [5.74, 6) is 0.788. The molecule has 0 bridgehead atoms. The molecule has 2 N–H and O–H groups in total. The monoisotopic (exact) mass is 378 g/mol. The van der Waals surface area contributed by atoms with Crippen molar-refractivity contribution >= 4 is 26.0 Å². The lowest BCUT2D eigenvalue weighted by atomic mass is 10.1. The molecule has 0 saturated carbocycles. The molecule has 21 heavy (non-hydrogen) atoms. The van der Waals surface area contributed by atoms with Crippen LogP contribution in [0.5, 0.6) is 11.5 Å². The standard InChI is InChI=1S/C13H19BrN2O4S/c1-19-11-8-12(20-2)13(7-10(11)14)21(17,18)16-5-3-9(15)4-6-16/h7-9H,3-6,15H2,1-2H3. The topological polar surface area (TPSA) is 81.9 Å². The van der Waals surface area contributed by atoms with E-state index in [9.17, 15) is 8.42 Å². The van der Waals surface area contributed by atoms with Gasteiger partial charge in [0.1, 0.15) is 16.4 Å². The number of methoxy groups -OCH3 is 2. The van der Waals surface area contributed by atoms with Crippen molar-refractivity contribution in [3.05, 3.63) is 16.6 Å². The van der Waals surface area contributed by atoms with Crippen LogP contribution in [0.25, 0.3) is 0 Å². The largest absolute Gasteiger partial charge is 0.495 e. The first kappa shape index (κ1) is 16.5. The van der Waals surface area contributed by atoms with E-state index in [-0.39, 0.29) is 16.7 Å². The number of nitrogens with two attached hydrogens (primary N) is 1. The van der Waals surface area contributed by atoms with Gasteiger partial charge >= 0.3 is 0 Å². The number of rotatable bonds is 4. The Morgan fingerprint density at radius 2 is 1.76 bits per heavy atom. The van der Waals surface area contributed by atoms with Gasteiger partial charge in [-0.1, -0.05) is 0 Å². The van der Waals surface area contributed by atoms with E-state index in [2.05, 4.69) is 15.9 Å². The molecular weight excluding hydrogens is 360 g/mol. The van der Waals surface area contributed by atoms with Crippen LogP contribution in [0.1, 0.15) is 12.8 Å². The first-order valence-corrected chi connectivity index (χ1v) is 8.80. The number of benzene rings is 1. The van der Waals surface area contributed by atoms with Crippen molar-refractivity contribution in [2.45, 2.75) is 23.8 Å². The summed E-state index contributed by atoms with van der Waals surface area (Å²) in [5, 5.41) is 0. The number of halogens is 1. The van der Waals surface area contributed by atoms with Gasteiger partial charge in [-0.15, -0.1) is 0 Å². The molecule has 0 aromatic heterocycles. The third-order valence-corrected chi connectivity index (χ3v) is 6.09. The molecule has 0 unspecified atom stereocenters. The van der Waals surface area contributed by atoms with Gasteiger partial charge in [-0.2, -0.15) is 4.31 Å². The second-order valence-corrected chi connectivity index (χ2v) is 7.64. The van der Waals surface area contributed by atoms with E-state index in [4.69, 9.17) is 15.2 Å². The molecule has 6 nitrogen and oxygen atoms in total. The minimum absolute atomic E-state index is 0.0703.